The third-order valence-electron chi connectivity index (χ3n) is 4.75. The molecule has 2 aromatic heterocycles. The van der Waals surface area contributed by atoms with Crippen molar-refractivity contribution in [2.45, 2.75) is 26.2 Å². The Kier molecular flexibility index (Phi) is 4.25. The van der Waals surface area contributed by atoms with Crippen molar-refractivity contribution < 1.29 is 9.53 Å². The van der Waals surface area contributed by atoms with Gasteiger partial charge in [0.1, 0.15) is 5.69 Å². The van der Waals surface area contributed by atoms with Gasteiger partial charge in [0.2, 0.25) is 0 Å². The average Bonchev–Trinajstić information content (AvgIpc) is 3.01. The summed E-state index contributed by atoms with van der Waals surface area (Å²) in [7, 11) is 0. The molecule has 6 heteroatoms. The van der Waals surface area contributed by atoms with Gasteiger partial charge in [-0.25, -0.2) is 9.78 Å². The van der Waals surface area contributed by atoms with E-state index in [1.165, 1.54) is 19.3 Å². The minimum Gasteiger partial charge on any atom is -0.461 e. The van der Waals surface area contributed by atoms with Crippen LogP contribution in [0.2, 0.25) is 5.02 Å². The van der Waals surface area contributed by atoms with Crippen LogP contribution in [0.15, 0.2) is 24.4 Å². The van der Waals surface area contributed by atoms with Gasteiger partial charge in [-0.2, -0.15) is 0 Å². The van der Waals surface area contributed by atoms with Gasteiger partial charge < -0.3 is 14.6 Å². The van der Waals surface area contributed by atoms with Crippen molar-refractivity contribution in [2.75, 3.05) is 24.6 Å². The van der Waals surface area contributed by atoms with Crippen LogP contribution in [0.5, 0.6) is 0 Å². The molecule has 0 radical (unpaired) electrons. The van der Waals surface area contributed by atoms with Gasteiger partial charge in [0.25, 0.3) is 0 Å². The lowest BCUT2D eigenvalue weighted by molar-refractivity contribution is 0.0520. The average molecular weight is 358 g/mol. The molecule has 5 nitrogen and oxygen atoms in total. The van der Waals surface area contributed by atoms with E-state index in [9.17, 15) is 4.79 Å². The molecule has 0 atom stereocenters. The number of benzene rings is 1. The number of ether oxygens (including phenoxy) is 1. The van der Waals surface area contributed by atoms with Crippen LogP contribution in [-0.2, 0) is 4.74 Å². The van der Waals surface area contributed by atoms with Crippen LogP contribution in [0.25, 0.3) is 21.8 Å². The highest BCUT2D eigenvalue weighted by Gasteiger charge is 2.19. The lowest BCUT2D eigenvalue weighted by atomic mass is 10.1. The molecule has 130 valence electrons. The van der Waals surface area contributed by atoms with Gasteiger partial charge in [-0.15, -0.1) is 0 Å². The van der Waals surface area contributed by atoms with E-state index in [2.05, 4.69) is 27.0 Å². The van der Waals surface area contributed by atoms with Crippen molar-refractivity contribution in [3.63, 3.8) is 0 Å². The number of hydrogen-bond acceptors (Lipinski definition) is 4. The van der Waals surface area contributed by atoms with Crippen molar-refractivity contribution >= 4 is 45.1 Å². The molecule has 0 bridgehead atoms. The van der Waals surface area contributed by atoms with Crippen molar-refractivity contribution in [3.05, 3.63) is 35.1 Å². The van der Waals surface area contributed by atoms with Crippen molar-refractivity contribution in [2.24, 2.45) is 0 Å². The fourth-order valence-corrected chi connectivity index (χ4v) is 3.92. The van der Waals surface area contributed by atoms with E-state index >= 15 is 0 Å². The molecule has 1 fully saturated rings. The molecule has 0 unspecified atom stereocenters. The van der Waals surface area contributed by atoms with Crippen LogP contribution < -0.4 is 4.90 Å². The number of fused-ring (bicyclic) bond motifs is 3. The third-order valence-corrected chi connectivity index (χ3v) is 5.13. The number of carbonyl (C=O) groups excluding carboxylic acids is 1. The Morgan fingerprint density at radius 2 is 2.08 bits per heavy atom. The molecule has 1 saturated heterocycles. The fourth-order valence-electron chi connectivity index (χ4n) is 3.54. The quantitative estimate of drug-likeness (QED) is 0.699. The summed E-state index contributed by atoms with van der Waals surface area (Å²) in [6, 6.07) is 5.89. The predicted octanol–water partition coefficient (Wildman–Crippen LogP) is 4.54. The maximum atomic E-state index is 12.0. The number of nitrogens with zero attached hydrogens (tertiary/aromatic N) is 2. The van der Waals surface area contributed by atoms with Crippen molar-refractivity contribution in [1.82, 2.24) is 9.97 Å². The van der Waals surface area contributed by atoms with E-state index in [0.29, 0.717) is 12.3 Å². The van der Waals surface area contributed by atoms with E-state index < -0.39 is 5.97 Å². The zero-order chi connectivity index (χ0) is 17.4. The number of carbonyl (C=O) groups is 1. The number of aromatic amines is 1. The third kappa shape index (κ3) is 2.82. The molecule has 0 spiro atoms. The van der Waals surface area contributed by atoms with E-state index in [0.717, 1.165) is 45.6 Å². The predicted molar refractivity (Wildman–Crippen MR) is 101 cm³/mol. The first kappa shape index (κ1) is 16.2. The van der Waals surface area contributed by atoms with Crippen LogP contribution in [0.1, 0.15) is 36.7 Å². The van der Waals surface area contributed by atoms with Crippen molar-refractivity contribution in [3.8, 4) is 0 Å². The van der Waals surface area contributed by atoms with Gasteiger partial charge in [0, 0.05) is 29.4 Å². The molecule has 1 aliphatic heterocycles. The number of pyridine rings is 1. The molecule has 1 N–H and O–H groups in total. The number of nitrogens with one attached hydrogen (secondary N) is 1. The Bertz CT molecular complexity index is 945. The monoisotopic (exact) mass is 357 g/mol. The van der Waals surface area contributed by atoms with Gasteiger partial charge >= 0.3 is 5.97 Å². The lowest BCUT2D eigenvalue weighted by Crippen LogP contribution is -2.29. The maximum Gasteiger partial charge on any atom is 0.356 e. The summed E-state index contributed by atoms with van der Waals surface area (Å²) in [6.45, 7) is 4.17. The first-order valence-corrected chi connectivity index (χ1v) is 9.09. The summed E-state index contributed by atoms with van der Waals surface area (Å²) in [5.41, 5.74) is 3.17. The zero-order valence-electron chi connectivity index (χ0n) is 14.1. The minimum atomic E-state index is -0.415. The number of rotatable bonds is 3. The van der Waals surface area contributed by atoms with E-state index in [1.54, 1.807) is 19.2 Å². The van der Waals surface area contributed by atoms with Crippen LogP contribution in [0, 0.1) is 0 Å². The van der Waals surface area contributed by atoms with Crippen LogP contribution in [-0.4, -0.2) is 35.6 Å². The fraction of sp³-hybridized carbons (Fsp3) is 0.368. The Labute approximate surface area is 150 Å². The maximum absolute atomic E-state index is 12.0. The number of hydrogen-bond donors (Lipinski definition) is 1. The summed E-state index contributed by atoms with van der Waals surface area (Å²) in [5.74, 6) is -0.415. The molecule has 25 heavy (non-hydrogen) atoms. The van der Waals surface area contributed by atoms with Crippen molar-refractivity contribution in [1.29, 1.82) is 0 Å². The summed E-state index contributed by atoms with van der Waals surface area (Å²) in [6.07, 6.45) is 5.33. The zero-order valence-corrected chi connectivity index (χ0v) is 14.9. The van der Waals surface area contributed by atoms with Crippen LogP contribution >= 0.6 is 11.6 Å². The van der Waals surface area contributed by atoms with E-state index in [4.69, 9.17) is 16.3 Å². The Hall–Kier alpha value is -2.27. The second kappa shape index (κ2) is 6.56. The summed E-state index contributed by atoms with van der Waals surface area (Å²) in [5, 5.41) is 2.57. The second-order valence-corrected chi connectivity index (χ2v) is 6.71. The highest BCUT2D eigenvalue weighted by atomic mass is 35.5. The van der Waals surface area contributed by atoms with Gasteiger partial charge in [-0.3, -0.25) is 0 Å². The van der Waals surface area contributed by atoms with Gasteiger partial charge in [0.05, 0.1) is 29.0 Å². The first-order chi connectivity index (χ1) is 12.2. The standard InChI is InChI=1S/C19H20ClN3O2/c1-2-25-19(24)14-10-12-15(11-21-14)22-13-6-7-16(18(20)17(12)13)23-8-4-3-5-9-23/h6-7,10-11,22H,2-5,8-9H2,1H3. The minimum absolute atomic E-state index is 0.301. The number of H-pyrrole nitrogens is 1. The molecule has 1 aromatic carbocycles. The Morgan fingerprint density at radius 1 is 1.28 bits per heavy atom. The molecule has 4 rings (SSSR count). The van der Waals surface area contributed by atoms with Gasteiger partial charge in [-0.05, 0) is 44.4 Å². The molecule has 3 heterocycles. The summed E-state index contributed by atoms with van der Waals surface area (Å²) < 4.78 is 5.06. The molecular formula is C19H20ClN3O2. The number of anilines is 1. The second-order valence-electron chi connectivity index (χ2n) is 6.33. The Balaban J connectivity index is 1.86. The topological polar surface area (TPSA) is 58.2 Å². The number of aromatic nitrogens is 2. The molecule has 0 aliphatic carbocycles. The SMILES string of the molecule is CCOC(=O)c1cc2c(cn1)[nH]c1ccc(N3CCCCC3)c(Cl)c12. The molecule has 0 saturated carbocycles. The first-order valence-electron chi connectivity index (χ1n) is 8.71. The molecule has 0 amide bonds. The number of piperidine rings is 1. The largest absolute Gasteiger partial charge is 0.461 e. The van der Waals surface area contributed by atoms with Gasteiger partial charge in [0.15, 0.2) is 0 Å². The molecular weight excluding hydrogens is 338 g/mol. The smallest absolute Gasteiger partial charge is 0.356 e. The lowest BCUT2D eigenvalue weighted by Gasteiger charge is -2.29. The normalized spacial score (nSPS) is 15.0. The Morgan fingerprint density at radius 3 is 2.84 bits per heavy atom. The summed E-state index contributed by atoms with van der Waals surface area (Å²) in [4.78, 5) is 21.9. The van der Waals surface area contributed by atoms with Crippen LogP contribution in [0.3, 0.4) is 0 Å². The highest BCUT2D eigenvalue weighted by Crippen LogP contribution is 2.38. The number of halogens is 1. The van der Waals surface area contributed by atoms with E-state index in [-0.39, 0.29) is 0 Å². The molecule has 3 aromatic rings. The van der Waals surface area contributed by atoms with Gasteiger partial charge in [-0.1, -0.05) is 11.6 Å². The summed E-state index contributed by atoms with van der Waals surface area (Å²) >= 11 is 6.79. The van der Waals surface area contributed by atoms with E-state index in [1.807, 2.05) is 0 Å². The van der Waals surface area contributed by atoms with Crippen LogP contribution in [0.4, 0.5) is 5.69 Å². The number of esters is 1. The molecule has 1 aliphatic rings. The highest BCUT2D eigenvalue weighted by molar-refractivity contribution is 6.40.